The Kier molecular flexibility index (Phi) is 2.67. The molecule has 1 nitrogen and oxygen atoms in total. The van der Waals surface area contributed by atoms with Gasteiger partial charge in [-0.1, -0.05) is 0 Å². The van der Waals surface area contributed by atoms with Crippen molar-refractivity contribution in [1.82, 2.24) is 5.12 Å². The normalized spacial score (nSPS) is 12.0. The molecule has 0 saturated heterocycles. The largest absolute Gasteiger partial charge is 0.324 e. The number of hydrogen-bond acceptors (Lipinski definition) is 1. The van der Waals surface area contributed by atoms with Crippen molar-refractivity contribution >= 4 is 0 Å². The van der Waals surface area contributed by atoms with E-state index in [2.05, 4.69) is 0 Å². The lowest BCUT2D eigenvalue weighted by atomic mass is 11.1. The Morgan fingerprint density at radius 2 is 1.12 bits per heavy atom. The molecular formula is C2H2F5N. The van der Waals surface area contributed by atoms with E-state index in [1.165, 1.54) is 0 Å². The standard InChI is InChI=1S/C2H2F5N/c3-1(4)8(7)2(5)6/h1-2H. The minimum atomic E-state index is -3.74. The smallest absolute Gasteiger partial charge is 0.189 e. The highest BCUT2D eigenvalue weighted by Crippen LogP contribution is 2.10. The van der Waals surface area contributed by atoms with E-state index in [9.17, 15) is 22.0 Å². The Labute approximate surface area is 41.6 Å². The van der Waals surface area contributed by atoms with Crippen LogP contribution < -0.4 is 0 Å². The van der Waals surface area contributed by atoms with Gasteiger partial charge in [0.2, 0.25) is 0 Å². The first kappa shape index (κ1) is 7.61. The van der Waals surface area contributed by atoms with Crippen molar-refractivity contribution in [2.75, 3.05) is 0 Å². The Balaban J connectivity index is 3.46. The van der Waals surface area contributed by atoms with Crippen LogP contribution in [0.25, 0.3) is 0 Å². The highest BCUT2D eigenvalue weighted by Gasteiger charge is 2.24. The lowest BCUT2D eigenvalue weighted by molar-refractivity contribution is -0.241. The molecule has 0 aliphatic heterocycles. The predicted molar refractivity (Wildman–Crippen MR) is 15.0 cm³/mol. The van der Waals surface area contributed by atoms with E-state index in [4.69, 9.17) is 0 Å². The van der Waals surface area contributed by atoms with Crippen LogP contribution in [0.1, 0.15) is 0 Å². The zero-order valence-corrected chi connectivity index (χ0v) is 3.49. The third-order valence-corrected chi connectivity index (χ3v) is 0.373. The van der Waals surface area contributed by atoms with Crippen LogP contribution in [0.2, 0.25) is 0 Å². The summed E-state index contributed by atoms with van der Waals surface area (Å²) >= 11 is 0. The second-order valence-electron chi connectivity index (χ2n) is 0.900. The molecule has 0 unspecified atom stereocenters. The maximum absolute atomic E-state index is 11.0. The van der Waals surface area contributed by atoms with E-state index in [1.54, 1.807) is 0 Å². The van der Waals surface area contributed by atoms with Crippen LogP contribution in [0.3, 0.4) is 0 Å². The van der Waals surface area contributed by atoms with Crippen molar-refractivity contribution in [2.45, 2.75) is 13.1 Å². The Morgan fingerprint density at radius 1 is 0.875 bits per heavy atom. The summed E-state index contributed by atoms with van der Waals surface area (Å²) in [7, 11) is 0. The van der Waals surface area contributed by atoms with Crippen LogP contribution in [-0.2, 0) is 0 Å². The summed E-state index contributed by atoms with van der Waals surface area (Å²) in [6.45, 7) is -7.48. The molecule has 0 aliphatic carbocycles. The van der Waals surface area contributed by atoms with Crippen LogP contribution in [0.4, 0.5) is 22.0 Å². The van der Waals surface area contributed by atoms with Crippen molar-refractivity contribution in [1.29, 1.82) is 0 Å². The number of hydrogen-bond donors (Lipinski definition) is 0. The molecule has 50 valence electrons. The summed E-state index contributed by atoms with van der Waals surface area (Å²) in [5.41, 5.74) is 0. The quantitative estimate of drug-likeness (QED) is 0.316. The monoisotopic (exact) mass is 135 g/mol. The molecule has 0 fully saturated rings. The molecule has 0 aromatic carbocycles. The maximum Gasteiger partial charge on any atom is 0.324 e. The van der Waals surface area contributed by atoms with E-state index < -0.39 is 18.2 Å². The van der Waals surface area contributed by atoms with Crippen molar-refractivity contribution in [2.24, 2.45) is 0 Å². The first-order chi connectivity index (χ1) is 3.55. The average molecular weight is 135 g/mol. The van der Waals surface area contributed by atoms with Gasteiger partial charge in [0.05, 0.1) is 0 Å². The Morgan fingerprint density at radius 3 is 1.12 bits per heavy atom. The number of halogens is 5. The molecule has 6 heteroatoms. The summed E-state index contributed by atoms with van der Waals surface area (Å²) in [6.07, 6.45) is 0. The van der Waals surface area contributed by atoms with E-state index in [0.29, 0.717) is 0 Å². The molecule has 8 heavy (non-hydrogen) atoms. The van der Waals surface area contributed by atoms with Gasteiger partial charge in [-0.3, -0.25) is 0 Å². The zero-order valence-electron chi connectivity index (χ0n) is 3.49. The Hall–Kier alpha value is -0.390. The summed E-state index contributed by atoms with van der Waals surface area (Å²) in [5.74, 6) is 0. The fourth-order valence-electron chi connectivity index (χ4n) is 0.0852. The third kappa shape index (κ3) is 2.06. The summed E-state index contributed by atoms with van der Waals surface area (Å²) in [4.78, 5) is 0. The highest BCUT2D eigenvalue weighted by molar-refractivity contribution is 4.30. The van der Waals surface area contributed by atoms with Gasteiger partial charge in [-0.15, -0.1) is 4.48 Å². The van der Waals surface area contributed by atoms with Crippen LogP contribution in [0, 0.1) is 0 Å². The molecule has 0 heterocycles. The van der Waals surface area contributed by atoms with Crippen LogP contribution >= 0.6 is 0 Å². The number of rotatable bonds is 2. The Bertz CT molecular complexity index is 55.4. The molecule has 0 bridgehead atoms. The summed E-state index contributed by atoms with van der Waals surface area (Å²) < 4.78 is 54.0. The SMILES string of the molecule is FC(F)N(F)C(F)F. The minimum Gasteiger partial charge on any atom is -0.189 e. The lowest BCUT2D eigenvalue weighted by Gasteiger charge is -2.06. The predicted octanol–water partition coefficient (Wildman–Crippen LogP) is 1.62. The molecule has 0 spiro atoms. The fraction of sp³-hybridized carbons (Fsp3) is 1.00. The van der Waals surface area contributed by atoms with Crippen LogP contribution in [0.5, 0.6) is 0 Å². The molecule has 0 amide bonds. The van der Waals surface area contributed by atoms with Gasteiger partial charge in [-0.25, -0.2) is 0 Å². The molecule has 0 rings (SSSR count). The highest BCUT2D eigenvalue weighted by atomic mass is 19.3. The summed E-state index contributed by atoms with van der Waals surface area (Å²) in [5, 5.41) is -1.83. The summed E-state index contributed by atoms with van der Waals surface area (Å²) in [6, 6.07) is 0. The van der Waals surface area contributed by atoms with Gasteiger partial charge in [-0.2, -0.15) is 17.6 Å². The van der Waals surface area contributed by atoms with Gasteiger partial charge in [-0.05, 0) is 5.12 Å². The zero-order chi connectivity index (χ0) is 6.73. The molecule has 0 aliphatic rings. The van der Waals surface area contributed by atoms with E-state index >= 15 is 0 Å². The van der Waals surface area contributed by atoms with Crippen molar-refractivity contribution in [3.05, 3.63) is 0 Å². The van der Waals surface area contributed by atoms with Gasteiger partial charge >= 0.3 is 13.1 Å². The molecule has 0 aromatic heterocycles. The first-order valence-corrected chi connectivity index (χ1v) is 1.56. The van der Waals surface area contributed by atoms with Crippen molar-refractivity contribution in [3.8, 4) is 0 Å². The molecule has 0 aromatic rings. The topological polar surface area (TPSA) is 3.24 Å². The lowest BCUT2D eigenvalue weighted by Crippen LogP contribution is -2.24. The fourth-order valence-corrected chi connectivity index (χ4v) is 0.0852. The second kappa shape index (κ2) is 2.81. The van der Waals surface area contributed by atoms with Gasteiger partial charge in [0, 0.05) is 0 Å². The van der Waals surface area contributed by atoms with Crippen LogP contribution in [-0.4, -0.2) is 18.2 Å². The van der Waals surface area contributed by atoms with E-state index in [1.807, 2.05) is 0 Å². The van der Waals surface area contributed by atoms with E-state index in [0.717, 1.165) is 0 Å². The molecule has 0 radical (unpaired) electrons. The van der Waals surface area contributed by atoms with Gasteiger partial charge < -0.3 is 0 Å². The van der Waals surface area contributed by atoms with Gasteiger partial charge in [0.25, 0.3) is 0 Å². The maximum atomic E-state index is 11.0. The number of nitrogens with zero attached hydrogens (tertiary/aromatic N) is 1. The molecular weight excluding hydrogens is 133 g/mol. The van der Waals surface area contributed by atoms with Crippen molar-refractivity contribution in [3.63, 3.8) is 0 Å². The molecule has 0 saturated carbocycles. The van der Waals surface area contributed by atoms with Gasteiger partial charge in [0.1, 0.15) is 0 Å². The van der Waals surface area contributed by atoms with E-state index in [-0.39, 0.29) is 0 Å². The second-order valence-corrected chi connectivity index (χ2v) is 0.900. The van der Waals surface area contributed by atoms with Crippen LogP contribution in [0.15, 0.2) is 0 Å². The van der Waals surface area contributed by atoms with Crippen molar-refractivity contribution < 1.29 is 22.0 Å². The number of alkyl halides is 4. The minimum absolute atomic E-state index is 1.83. The van der Waals surface area contributed by atoms with Gasteiger partial charge in [0.15, 0.2) is 0 Å². The first-order valence-electron chi connectivity index (χ1n) is 1.56. The third-order valence-electron chi connectivity index (χ3n) is 0.373. The molecule has 0 N–H and O–H groups in total. The molecule has 0 atom stereocenters. The average Bonchev–Trinajstić information content (AvgIpc) is 1.64.